The summed E-state index contributed by atoms with van der Waals surface area (Å²) in [6.45, 7) is 5.05. The van der Waals surface area contributed by atoms with Crippen LogP contribution in [0.3, 0.4) is 0 Å². The number of nitrogens with zero attached hydrogens (tertiary/aromatic N) is 1. The van der Waals surface area contributed by atoms with Crippen LogP contribution in [-0.4, -0.2) is 61.5 Å². The van der Waals surface area contributed by atoms with Crippen LogP contribution in [-0.2, 0) is 4.74 Å². The summed E-state index contributed by atoms with van der Waals surface area (Å²) in [5.74, 6) is 0. The van der Waals surface area contributed by atoms with Gasteiger partial charge in [0.25, 0.3) is 0 Å². The van der Waals surface area contributed by atoms with Gasteiger partial charge in [0.1, 0.15) is 0 Å². The first kappa shape index (κ1) is 9.40. The summed E-state index contributed by atoms with van der Waals surface area (Å²) < 4.78 is 5.40. The third kappa shape index (κ3) is 2.20. The van der Waals surface area contributed by atoms with Gasteiger partial charge in [-0.15, -0.1) is 0 Å². The van der Waals surface area contributed by atoms with Gasteiger partial charge in [-0.25, -0.2) is 0 Å². The van der Waals surface area contributed by atoms with Gasteiger partial charge in [-0.05, 0) is 13.0 Å². The third-order valence-electron chi connectivity index (χ3n) is 2.92. The van der Waals surface area contributed by atoms with Gasteiger partial charge in [0.15, 0.2) is 0 Å². The van der Waals surface area contributed by atoms with Crippen molar-refractivity contribution in [1.29, 1.82) is 0 Å². The summed E-state index contributed by atoms with van der Waals surface area (Å²) in [5.41, 5.74) is 0. The molecule has 2 aliphatic heterocycles. The largest absolute Gasteiger partial charge is 0.394 e. The van der Waals surface area contributed by atoms with E-state index >= 15 is 0 Å². The SMILES string of the molecule is OCC1CN(C2CCNC2)CCO1. The summed E-state index contributed by atoms with van der Waals surface area (Å²) in [6, 6.07) is 0.665. The molecular weight excluding hydrogens is 168 g/mol. The Morgan fingerprint density at radius 3 is 3.15 bits per heavy atom. The second-order valence-corrected chi connectivity index (χ2v) is 3.82. The molecule has 0 aromatic heterocycles. The molecule has 2 fully saturated rings. The molecule has 2 heterocycles. The van der Waals surface area contributed by atoms with Crippen molar-refractivity contribution in [3.63, 3.8) is 0 Å². The zero-order valence-electron chi connectivity index (χ0n) is 7.91. The Morgan fingerprint density at radius 1 is 1.54 bits per heavy atom. The molecule has 0 bridgehead atoms. The third-order valence-corrected chi connectivity index (χ3v) is 2.92. The Balaban J connectivity index is 1.84. The normalized spacial score (nSPS) is 36.7. The minimum Gasteiger partial charge on any atom is -0.394 e. The Bertz CT molecular complexity index is 160. The highest BCUT2D eigenvalue weighted by atomic mass is 16.5. The molecule has 0 radical (unpaired) electrons. The van der Waals surface area contributed by atoms with Crippen LogP contribution in [0.2, 0.25) is 0 Å². The summed E-state index contributed by atoms with van der Waals surface area (Å²) in [5, 5.41) is 12.3. The number of hydrogen-bond donors (Lipinski definition) is 2. The molecule has 2 aliphatic rings. The van der Waals surface area contributed by atoms with Gasteiger partial charge in [0.05, 0.1) is 19.3 Å². The van der Waals surface area contributed by atoms with Crippen molar-refractivity contribution in [3.05, 3.63) is 0 Å². The van der Waals surface area contributed by atoms with Crippen LogP contribution in [0, 0.1) is 0 Å². The molecule has 0 amide bonds. The maximum Gasteiger partial charge on any atom is 0.0932 e. The van der Waals surface area contributed by atoms with E-state index in [1.807, 2.05) is 0 Å². The molecule has 0 aromatic rings. The molecule has 4 heteroatoms. The van der Waals surface area contributed by atoms with E-state index in [1.165, 1.54) is 6.42 Å². The minimum absolute atomic E-state index is 0.0364. The fourth-order valence-corrected chi connectivity index (χ4v) is 2.14. The molecule has 0 spiro atoms. The predicted octanol–water partition coefficient (Wildman–Crippen LogP) is -0.959. The van der Waals surface area contributed by atoms with Crippen molar-refractivity contribution in [2.24, 2.45) is 0 Å². The first-order valence-electron chi connectivity index (χ1n) is 5.07. The average molecular weight is 186 g/mol. The van der Waals surface area contributed by atoms with E-state index in [-0.39, 0.29) is 12.7 Å². The van der Waals surface area contributed by atoms with Crippen molar-refractivity contribution in [2.45, 2.75) is 18.6 Å². The van der Waals surface area contributed by atoms with Crippen molar-refractivity contribution in [1.82, 2.24) is 10.2 Å². The van der Waals surface area contributed by atoms with Crippen LogP contribution in [0.4, 0.5) is 0 Å². The highest BCUT2D eigenvalue weighted by molar-refractivity contribution is 4.83. The molecule has 0 aliphatic carbocycles. The fourth-order valence-electron chi connectivity index (χ4n) is 2.14. The van der Waals surface area contributed by atoms with E-state index in [1.54, 1.807) is 0 Å². The molecule has 2 rings (SSSR count). The van der Waals surface area contributed by atoms with Gasteiger partial charge < -0.3 is 15.2 Å². The van der Waals surface area contributed by atoms with Crippen molar-refractivity contribution >= 4 is 0 Å². The van der Waals surface area contributed by atoms with E-state index < -0.39 is 0 Å². The summed E-state index contributed by atoms with van der Waals surface area (Å²) in [4.78, 5) is 2.43. The highest BCUT2D eigenvalue weighted by Crippen LogP contribution is 2.13. The zero-order valence-corrected chi connectivity index (χ0v) is 7.91. The van der Waals surface area contributed by atoms with Gasteiger partial charge in [-0.2, -0.15) is 0 Å². The van der Waals surface area contributed by atoms with E-state index in [9.17, 15) is 0 Å². The quantitative estimate of drug-likeness (QED) is 0.583. The highest BCUT2D eigenvalue weighted by Gasteiger charge is 2.27. The van der Waals surface area contributed by atoms with Crippen molar-refractivity contribution in [2.75, 3.05) is 39.4 Å². The lowest BCUT2D eigenvalue weighted by molar-refractivity contribution is -0.0625. The minimum atomic E-state index is 0.0364. The lowest BCUT2D eigenvalue weighted by Crippen LogP contribution is -2.49. The molecule has 2 unspecified atom stereocenters. The Kier molecular flexibility index (Phi) is 3.16. The van der Waals surface area contributed by atoms with Gasteiger partial charge in [-0.3, -0.25) is 4.90 Å². The van der Waals surface area contributed by atoms with Crippen LogP contribution in [0.1, 0.15) is 6.42 Å². The summed E-state index contributed by atoms with van der Waals surface area (Å²) >= 11 is 0. The number of aliphatic hydroxyl groups excluding tert-OH is 1. The maximum absolute atomic E-state index is 8.98. The van der Waals surface area contributed by atoms with Crippen molar-refractivity contribution in [3.8, 4) is 0 Å². The number of nitrogens with one attached hydrogen (secondary N) is 1. The number of morpholine rings is 1. The Labute approximate surface area is 78.9 Å². The molecule has 13 heavy (non-hydrogen) atoms. The number of hydrogen-bond acceptors (Lipinski definition) is 4. The molecule has 2 atom stereocenters. The number of rotatable bonds is 2. The maximum atomic E-state index is 8.98. The van der Waals surface area contributed by atoms with Crippen LogP contribution in [0.25, 0.3) is 0 Å². The molecular formula is C9H18N2O2. The molecule has 4 nitrogen and oxygen atoms in total. The zero-order chi connectivity index (χ0) is 9.10. The van der Waals surface area contributed by atoms with Crippen LogP contribution in [0.5, 0.6) is 0 Å². The van der Waals surface area contributed by atoms with Crippen LogP contribution in [0.15, 0.2) is 0 Å². The van der Waals surface area contributed by atoms with E-state index in [2.05, 4.69) is 10.2 Å². The Hall–Kier alpha value is -0.160. The molecule has 0 aromatic carbocycles. The molecule has 76 valence electrons. The number of aliphatic hydroxyl groups is 1. The summed E-state index contributed by atoms with van der Waals surface area (Å²) in [7, 11) is 0. The van der Waals surface area contributed by atoms with Gasteiger partial charge in [0.2, 0.25) is 0 Å². The van der Waals surface area contributed by atoms with Crippen LogP contribution >= 0.6 is 0 Å². The fraction of sp³-hybridized carbons (Fsp3) is 1.00. The number of ether oxygens (including phenoxy) is 1. The lowest BCUT2D eigenvalue weighted by atomic mass is 10.2. The molecule has 0 saturated carbocycles. The lowest BCUT2D eigenvalue weighted by Gasteiger charge is -2.35. The average Bonchev–Trinajstić information content (AvgIpc) is 2.71. The van der Waals surface area contributed by atoms with Gasteiger partial charge in [-0.1, -0.05) is 0 Å². The Morgan fingerprint density at radius 2 is 2.46 bits per heavy atom. The van der Waals surface area contributed by atoms with E-state index in [0.29, 0.717) is 6.04 Å². The van der Waals surface area contributed by atoms with Gasteiger partial charge in [0, 0.05) is 25.7 Å². The van der Waals surface area contributed by atoms with Crippen molar-refractivity contribution < 1.29 is 9.84 Å². The monoisotopic (exact) mass is 186 g/mol. The van der Waals surface area contributed by atoms with Crippen LogP contribution < -0.4 is 5.32 Å². The first-order chi connectivity index (χ1) is 6.40. The topological polar surface area (TPSA) is 44.7 Å². The standard InChI is InChI=1S/C9H18N2O2/c12-7-9-6-11(3-4-13-9)8-1-2-10-5-8/h8-10,12H,1-7H2. The summed E-state index contributed by atoms with van der Waals surface area (Å²) in [6.07, 6.45) is 1.27. The van der Waals surface area contributed by atoms with Gasteiger partial charge >= 0.3 is 0 Å². The first-order valence-corrected chi connectivity index (χ1v) is 5.07. The second-order valence-electron chi connectivity index (χ2n) is 3.82. The van der Waals surface area contributed by atoms with E-state index in [4.69, 9.17) is 9.84 Å². The van der Waals surface area contributed by atoms with E-state index in [0.717, 1.165) is 32.8 Å². The second kappa shape index (κ2) is 4.37. The smallest absolute Gasteiger partial charge is 0.0932 e. The molecule has 2 N–H and O–H groups in total. The predicted molar refractivity (Wildman–Crippen MR) is 49.7 cm³/mol. The molecule has 2 saturated heterocycles.